The number of aromatic nitrogens is 2. The van der Waals surface area contributed by atoms with Crippen molar-refractivity contribution < 1.29 is 42.8 Å². The number of nitrogens with zero attached hydrogens (tertiary/aromatic N) is 1. The zero-order chi connectivity index (χ0) is 36.4. The maximum absolute atomic E-state index is 11.8. The number of benzene rings is 2. The van der Waals surface area contributed by atoms with Crippen molar-refractivity contribution in [2.24, 2.45) is 0 Å². The molecule has 0 aliphatic carbocycles. The van der Waals surface area contributed by atoms with Gasteiger partial charge in [0.2, 0.25) is 5.43 Å². The van der Waals surface area contributed by atoms with E-state index in [0.29, 0.717) is 36.1 Å². The Balaban J connectivity index is 0.000000292. The standard InChI is InChI=1S/C22H28N2O6.C15H15NO4/c1-16(25)28-15-18-12-19(27-11-10-23-21(26)30-22(2,3)4)20(13-24-18)29-14-17-8-6-5-7-9-17;1-11(17)19-10-13-7-14(18)15(8-16-13)20-9-12-5-3-2-4-6-12/h5-9,12-13H,10-11,14-15H2,1-4H3,(H,23,26);2-8H,9-10H2,1H3,(H,16,18). The Morgan fingerprint density at radius 1 is 0.740 bits per heavy atom. The normalized spacial score (nSPS) is 10.5. The highest BCUT2D eigenvalue weighted by Gasteiger charge is 2.16. The largest absolute Gasteiger partial charge is 0.488 e. The minimum Gasteiger partial charge on any atom is -0.488 e. The summed E-state index contributed by atoms with van der Waals surface area (Å²) < 4.78 is 32.0. The molecule has 0 saturated heterocycles. The molecule has 0 radical (unpaired) electrons. The van der Waals surface area contributed by atoms with E-state index in [2.05, 4.69) is 15.3 Å². The molecule has 13 nitrogen and oxygen atoms in total. The summed E-state index contributed by atoms with van der Waals surface area (Å²) in [4.78, 5) is 52.4. The summed E-state index contributed by atoms with van der Waals surface area (Å²) in [7, 11) is 0. The maximum atomic E-state index is 11.8. The fourth-order valence-electron chi connectivity index (χ4n) is 3.92. The number of hydrogen-bond donors (Lipinski definition) is 2. The summed E-state index contributed by atoms with van der Waals surface area (Å²) in [5.41, 5.74) is 2.21. The summed E-state index contributed by atoms with van der Waals surface area (Å²) in [6.07, 6.45) is 2.49. The molecule has 0 unspecified atom stereocenters. The Kier molecular flexibility index (Phi) is 15.3. The van der Waals surface area contributed by atoms with Crippen molar-refractivity contribution in [3.63, 3.8) is 0 Å². The van der Waals surface area contributed by atoms with Crippen molar-refractivity contribution in [2.75, 3.05) is 13.2 Å². The van der Waals surface area contributed by atoms with Crippen molar-refractivity contribution in [1.29, 1.82) is 0 Å². The summed E-state index contributed by atoms with van der Waals surface area (Å²) in [6.45, 7) is 9.21. The number of amides is 1. The number of hydrogen-bond acceptors (Lipinski definition) is 11. The van der Waals surface area contributed by atoms with Crippen molar-refractivity contribution in [3.05, 3.63) is 118 Å². The smallest absolute Gasteiger partial charge is 0.407 e. The average Bonchev–Trinajstić information content (AvgIpc) is 3.08. The first-order chi connectivity index (χ1) is 23.9. The van der Waals surface area contributed by atoms with Crippen LogP contribution in [0.3, 0.4) is 0 Å². The number of esters is 2. The van der Waals surface area contributed by atoms with E-state index in [0.717, 1.165) is 11.1 Å². The number of pyridine rings is 2. The van der Waals surface area contributed by atoms with Crippen LogP contribution in [-0.2, 0) is 50.2 Å². The van der Waals surface area contributed by atoms with Crippen LogP contribution in [0, 0.1) is 0 Å². The number of alkyl carbamates (subject to hydrolysis) is 1. The highest BCUT2D eigenvalue weighted by Crippen LogP contribution is 2.28. The first-order valence-electron chi connectivity index (χ1n) is 15.8. The number of aromatic amines is 1. The van der Waals surface area contributed by atoms with Crippen LogP contribution in [0.2, 0.25) is 0 Å². The van der Waals surface area contributed by atoms with Gasteiger partial charge in [0.25, 0.3) is 0 Å². The fourth-order valence-corrected chi connectivity index (χ4v) is 3.92. The van der Waals surface area contributed by atoms with Crippen molar-refractivity contribution in [3.8, 4) is 17.2 Å². The van der Waals surface area contributed by atoms with Crippen molar-refractivity contribution in [2.45, 2.75) is 66.6 Å². The van der Waals surface area contributed by atoms with Crippen LogP contribution >= 0.6 is 0 Å². The van der Waals surface area contributed by atoms with Gasteiger partial charge in [0.05, 0.1) is 24.1 Å². The van der Waals surface area contributed by atoms with E-state index in [1.165, 1.54) is 32.3 Å². The SMILES string of the molecule is CC(=O)OCc1cc(=O)c(OCc2ccccc2)c[nH]1.CC(=O)OCc1cc(OCCNC(=O)OC(C)(C)C)c(OCc2ccccc2)cn1. The molecular formula is C37H43N3O10. The van der Waals surface area contributed by atoms with Crippen LogP contribution in [-0.4, -0.2) is 46.8 Å². The quantitative estimate of drug-likeness (QED) is 0.0956. The third-order valence-corrected chi connectivity index (χ3v) is 6.18. The molecular weight excluding hydrogens is 646 g/mol. The first-order valence-corrected chi connectivity index (χ1v) is 15.8. The lowest BCUT2D eigenvalue weighted by atomic mass is 10.2. The van der Waals surface area contributed by atoms with Crippen LogP contribution < -0.4 is 25.0 Å². The summed E-state index contributed by atoms with van der Waals surface area (Å²) in [6, 6.07) is 22.3. The lowest BCUT2D eigenvalue weighted by molar-refractivity contribution is -0.143. The predicted molar refractivity (Wildman–Crippen MR) is 184 cm³/mol. The lowest BCUT2D eigenvalue weighted by Crippen LogP contribution is -2.34. The van der Waals surface area contributed by atoms with Crippen LogP contribution in [0.1, 0.15) is 57.1 Å². The molecule has 0 saturated carbocycles. The van der Waals surface area contributed by atoms with Crippen molar-refractivity contribution in [1.82, 2.24) is 15.3 Å². The minimum atomic E-state index is -0.569. The second-order valence-electron chi connectivity index (χ2n) is 11.7. The number of carbonyl (C=O) groups excluding carboxylic acids is 3. The van der Waals surface area contributed by atoms with E-state index in [4.69, 9.17) is 28.4 Å². The van der Waals surface area contributed by atoms with Gasteiger partial charge in [0.15, 0.2) is 17.2 Å². The van der Waals surface area contributed by atoms with E-state index in [1.54, 1.807) is 26.8 Å². The average molecular weight is 690 g/mol. The topological polar surface area (TPSA) is 164 Å². The van der Waals surface area contributed by atoms with Gasteiger partial charge in [0, 0.05) is 32.2 Å². The molecule has 2 N–H and O–H groups in total. The maximum Gasteiger partial charge on any atom is 0.407 e. The minimum absolute atomic E-state index is 0.0286. The van der Waals surface area contributed by atoms with Gasteiger partial charge in [-0.25, -0.2) is 4.79 Å². The number of nitrogens with one attached hydrogen (secondary N) is 2. The van der Waals surface area contributed by atoms with Crippen LogP contribution in [0.25, 0.3) is 0 Å². The van der Waals surface area contributed by atoms with Gasteiger partial charge >= 0.3 is 18.0 Å². The molecule has 13 heteroatoms. The van der Waals surface area contributed by atoms with Gasteiger partial charge in [-0.2, -0.15) is 0 Å². The van der Waals surface area contributed by atoms with E-state index in [9.17, 15) is 19.2 Å². The van der Waals surface area contributed by atoms with Gasteiger partial charge in [-0.05, 0) is 31.9 Å². The van der Waals surface area contributed by atoms with Gasteiger partial charge < -0.3 is 38.7 Å². The second-order valence-corrected chi connectivity index (χ2v) is 11.7. The van der Waals surface area contributed by atoms with Crippen LogP contribution in [0.4, 0.5) is 4.79 Å². The Labute approximate surface area is 290 Å². The molecule has 1 amide bonds. The molecule has 2 aromatic carbocycles. The molecule has 0 bridgehead atoms. The monoisotopic (exact) mass is 689 g/mol. The zero-order valence-electron chi connectivity index (χ0n) is 28.9. The Morgan fingerprint density at radius 2 is 1.32 bits per heavy atom. The number of ether oxygens (including phenoxy) is 6. The molecule has 0 aliphatic heterocycles. The van der Waals surface area contributed by atoms with Gasteiger partial charge in [0.1, 0.15) is 38.6 Å². The molecule has 2 heterocycles. The van der Waals surface area contributed by atoms with E-state index < -0.39 is 23.6 Å². The van der Waals surface area contributed by atoms with Crippen molar-refractivity contribution >= 4 is 18.0 Å². The van der Waals surface area contributed by atoms with E-state index in [-0.39, 0.29) is 37.5 Å². The van der Waals surface area contributed by atoms with Gasteiger partial charge in [-0.15, -0.1) is 0 Å². The third kappa shape index (κ3) is 15.4. The summed E-state index contributed by atoms with van der Waals surface area (Å²) >= 11 is 0. The molecule has 0 aliphatic rings. The third-order valence-electron chi connectivity index (χ3n) is 6.18. The Hall–Kier alpha value is -5.85. The Bertz CT molecular complexity index is 1720. The molecule has 50 heavy (non-hydrogen) atoms. The molecule has 266 valence electrons. The fraction of sp³-hybridized carbons (Fsp3) is 0.324. The Morgan fingerprint density at radius 3 is 1.88 bits per heavy atom. The number of carbonyl (C=O) groups is 3. The molecule has 0 spiro atoms. The predicted octanol–water partition coefficient (Wildman–Crippen LogP) is 5.64. The van der Waals surface area contributed by atoms with Crippen LogP contribution in [0.15, 0.2) is 90.0 Å². The highest BCUT2D eigenvalue weighted by atomic mass is 16.6. The van der Waals surface area contributed by atoms with Gasteiger partial charge in [-0.3, -0.25) is 19.4 Å². The summed E-state index contributed by atoms with van der Waals surface area (Å²) in [5.74, 6) is 0.331. The lowest BCUT2D eigenvalue weighted by Gasteiger charge is -2.19. The first kappa shape index (κ1) is 38.6. The second kappa shape index (κ2) is 19.8. The molecule has 4 rings (SSSR count). The van der Waals surface area contributed by atoms with E-state index >= 15 is 0 Å². The zero-order valence-corrected chi connectivity index (χ0v) is 28.9. The van der Waals surface area contributed by atoms with Gasteiger partial charge in [-0.1, -0.05) is 60.7 Å². The van der Waals surface area contributed by atoms with E-state index in [1.807, 2.05) is 60.7 Å². The molecule has 4 aromatic rings. The number of H-pyrrole nitrogens is 1. The highest BCUT2D eigenvalue weighted by molar-refractivity contribution is 5.67. The molecule has 0 fully saturated rings. The molecule has 0 atom stereocenters. The molecule has 2 aromatic heterocycles. The van der Waals surface area contributed by atoms with Crippen LogP contribution in [0.5, 0.6) is 17.2 Å². The number of rotatable bonds is 14. The summed E-state index contributed by atoms with van der Waals surface area (Å²) in [5, 5.41) is 2.63.